The van der Waals surface area contributed by atoms with Crippen LogP contribution < -0.4 is 10.1 Å². The lowest BCUT2D eigenvalue weighted by atomic mass is 10.1. The van der Waals surface area contributed by atoms with Crippen molar-refractivity contribution in [1.82, 2.24) is 15.1 Å². The lowest BCUT2D eigenvalue weighted by Gasteiger charge is -2.35. The Morgan fingerprint density at radius 1 is 1.04 bits per heavy atom. The van der Waals surface area contributed by atoms with E-state index in [9.17, 15) is 14.4 Å². The molecule has 28 heavy (non-hydrogen) atoms. The molecule has 154 valence electrons. The Morgan fingerprint density at radius 3 is 2.25 bits per heavy atom. The fourth-order valence-corrected chi connectivity index (χ4v) is 2.89. The summed E-state index contributed by atoms with van der Waals surface area (Å²) in [5.41, 5.74) is -0.0513. The second-order valence-electron chi connectivity index (χ2n) is 7.55. The monoisotopic (exact) mass is 391 g/mol. The topological polar surface area (TPSA) is 88.2 Å². The van der Waals surface area contributed by atoms with Crippen molar-refractivity contribution in [1.29, 1.82) is 0 Å². The highest BCUT2D eigenvalue weighted by atomic mass is 16.6. The van der Waals surface area contributed by atoms with Crippen molar-refractivity contribution in [2.45, 2.75) is 32.8 Å². The fraction of sp³-hybridized carbons (Fsp3) is 0.550. The predicted molar refractivity (Wildman–Crippen MR) is 104 cm³/mol. The lowest BCUT2D eigenvalue weighted by Crippen LogP contribution is -2.51. The van der Waals surface area contributed by atoms with Crippen molar-refractivity contribution in [2.24, 2.45) is 0 Å². The van der Waals surface area contributed by atoms with Gasteiger partial charge in [-0.25, -0.2) is 4.79 Å². The number of ether oxygens (including phenoxy) is 2. The first-order valence-corrected chi connectivity index (χ1v) is 9.38. The number of carbonyl (C=O) groups is 3. The normalized spacial score (nSPS) is 14.4. The number of nitrogens with zero attached hydrogens (tertiary/aromatic N) is 2. The summed E-state index contributed by atoms with van der Waals surface area (Å²) < 4.78 is 10.4. The van der Waals surface area contributed by atoms with Gasteiger partial charge in [0.15, 0.2) is 0 Å². The molecule has 0 radical (unpaired) electrons. The van der Waals surface area contributed by atoms with Crippen LogP contribution in [0.1, 0.15) is 37.6 Å². The Balaban J connectivity index is 1.77. The van der Waals surface area contributed by atoms with Crippen LogP contribution >= 0.6 is 0 Å². The van der Waals surface area contributed by atoms with Gasteiger partial charge in [0.25, 0.3) is 5.91 Å². The van der Waals surface area contributed by atoms with Crippen LogP contribution in [0.5, 0.6) is 5.75 Å². The number of rotatable bonds is 5. The van der Waals surface area contributed by atoms with Gasteiger partial charge in [0.1, 0.15) is 11.4 Å². The van der Waals surface area contributed by atoms with Crippen LogP contribution in [0.3, 0.4) is 0 Å². The highest BCUT2D eigenvalue weighted by molar-refractivity contribution is 5.97. The van der Waals surface area contributed by atoms with Gasteiger partial charge < -0.3 is 24.6 Å². The Hall–Kier alpha value is -2.77. The predicted octanol–water partition coefficient (Wildman–Crippen LogP) is 1.89. The quantitative estimate of drug-likeness (QED) is 0.828. The lowest BCUT2D eigenvalue weighted by molar-refractivity contribution is -0.132. The number of hydrogen-bond acceptors (Lipinski definition) is 5. The maximum atomic E-state index is 12.7. The summed E-state index contributed by atoms with van der Waals surface area (Å²) in [6, 6.07) is 7.11. The van der Waals surface area contributed by atoms with E-state index in [1.54, 1.807) is 48.8 Å². The van der Waals surface area contributed by atoms with E-state index in [-0.39, 0.29) is 24.8 Å². The molecule has 1 aromatic carbocycles. The first-order valence-electron chi connectivity index (χ1n) is 9.38. The van der Waals surface area contributed by atoms with Gasteiger partial charge in [-0.15, -0.1) is 0 Å². The van der Waals surface area contributed by atoms with Crippen LogP contribution in [-0.4, -0.2) is 73.1 Å². The van der Waals surface area contributed by atoms with Crippen LogP contribution in [0, 0.1) is 0 Å². The van der Waals surface area contributed by atoms with E-state index >= 15 is 0 Å². The average molecular weight is 391 g/mol. The SMILES string of the molecule is COc1ccccc1C(=O)N1CCN(C(=O)CCNC(=O)OC(C)(C)C)CC1. The van der Waals surface area contributed by atoms with Crippen LogP contribution in [-0.2, 0) is 9.53 Å². The van der Waals surface area contributed by atoms with Crippen molar-refractivity contribution in [3.05, 3.63) is 29.8 Å². The number of alkyl carbamates (subject to hydrolysis) is 1. The van der Waals surface area contributed by atoms with Crippen molar-refractivity contribution in [2.75, 3.05) is 39.8 Å². The number of hydrogen-bond donors (Lipinski definition) is 1. The molecule has 0 saturated carbocycles. The van der Waals surface area contributed by atoms with Gasteiger partial charge in [0.2, 0.25) is 5.91 Å². The number of para-hydroxylation sites is 1. The molecule has 1 saturated heterocycles. The molecular weight excluding hydrogens is 362 g/mol. The first kappa shape index (κ1) is 21.5. The van der Waals surface area contributed by atoms with Gasteiger partial charge in [-0.05, 0) is 32.9 Å². The molecule has 1 N–H and O–H groups in total. The second kappa shape index (κ2) is 9.43. The first-order chi connectivity index (χ1) is 13.2. The Morgan fingerprint density at radius 2 is 1.64 bits per heavy atom. The van der Waals surface area contributed by atoms with Crippen LogP contribution in [0.15, 0.2) is 24.3 Å². The number of carbonyl (C=O) groups excluding carboxylic acids is 3. The third-order valence-electron chi connectivity index (χ3n) is 4.26. The molecule has 1 aromatic rings. The number of amides is 3. The molecule has 0 atom stereocenters. The van der Waals surface area contributed by atoms with Crippen LogP contribution in [0.4, 0.5) is 4.79 Å². The molecule has 0 spiro atoms. The highest BCUT2D eigenvalue weighted by Gasteiger charge is 2.26. The maximum absolute atomic E-state index is 12.7. The minimum Gasteiger partial charge on any atom is -0.496 e. The molecule has 0 aromatic heterocycles. The summed E-state index contributed by atoms with van der Waals surface area (Å²) in [4.78, 5) is 40.1. The summed E-state index contributed by atoms with van der Waals surface area (Å²) in [6.07, 6.45) is -0.341. The van der Waals surface area contributed by atoms with E-state index in [0.717, 1.165) is 0 Å². The third kappa shape index (κ3) is 6.14. The molecule has 3 amide bonds. The third-order valence-corrected chi connectivity index (χ3v) is 4.26. The molecule has 0 aliphatic carbocycles. The van der Waals surface area contributed by atoms with Crippen molar-refractivity contribution >= 4 is 17.9 Å². The van der Waals surface area contributed by atoms with Crippen molar-refractivity contribution < 1.29 is 23.9 Å². The zero-order valence-electron chi connectivity index (χ0n) is 17.0. The van der Waals surface area contributed by atoms with E-state index in [2.05, 4.69) is 5.32 Å². The fourth-order valence-electron chi connectivity index (χ4n) is 2.89. The van der Waals surface area contributed by atoms with Gasteiger partial charge in [-0.2, -0.15) is 0 Å². The molecular formula is C20H29N3O5. The minimum atomic E-state index is -0.571. The summed E-state index contributed by atoms with van der Waals surface area (Å²) in [5.74, 6) is 0.385. The molecule has 8 heteroatoms. The van der Waals surface area contributed by atoms with Crippen LogP contribution in [0.25, 0.3) is 0 Å². The zero-order valence-corrected chi connectivity index (χ0v) is 17.0. The molecule has 1 fully saturated rings. The van der Waals surface area contributed by atoms with E-state index < -0.39 is 11.7 Å². The van der Waals surface area contributed by atoms with E-state index in [1.807, 2.05) is 6.07 Å². The van der Waals surface area contributed by atoms with Crippen LogP contribution in [0.2, 0.25) is 0 Å². The smallest absolute Gasteiger partial charge is 0.407 e. The van der Waals surface area contributed by atoms with Crippen molar-refractivity contribution in [3.8, 4) is 5.75 Å². The summed E-state index contributed by atoms with van der Waals surface area (Å²) >= 11 is 0. The molecule has 1 aliphatic heterocycles. The van der Waals surface area contributed by atoms with Gasteiger partial charge in [-0.1, -0.05) is 12.1 Å². The summed E-state index contributed by atoms with van der Waals surface area (Å²) in [6.45, 7) is 7.41. The van der Waals surface area contributed by atoms with Gasteiger partial charge >= 0.3 is 6.09 Å². The maximum Gasteiger partial charge on any atom is 0.407 e. The molecule has 0 bridgehead atoms. The van der Waals surface area contributed by atoms with Gasteiger partial charge in [0, 0.05) is 39.1 Å². The van der Waals surface area contributed by atoms with E-state index in [1.165, 1.54) is 7.11 Å². The molecule has 1 heterocycles. The zero-order chi connectivity index (χ0) is 20.7. The average Bonchev–Trinajstić information content (AvgIpc) is 2.66. The molecule has 8 nitrogen and oxygen atoms in total. The highest BCUT2D eigenvalue weighted by Crippen LogP contribution is 2.20. The number of nitrogens with one attached hydrogen (secondary N) is 1. The number of methoxy groups -OCH3 is 1. The standard InChI is InChI=1S/C20H29N3O5/c1-20(2,3)28-19(26)21-10-9-17(24)22-11-13-23(14-12-22)18(25)15-7-5-6-8-16(15)27-4/h5-8H,9-14H2,1-4H3,(H,21,26). The number of benzene rings is 1. The largest absolute Gasteiger partial charge is 0.496 e. The Kier molecular flexibility index (Phi) is 7.25. The second-order valence-corrected chi connectivity index (χ2v) is 7.55. The summed E-state index contributed by atoms with van der Waals surface area (Å²) in [5, 5.41) is 2.58. The minimum absolute atomic E-state index is 0.0551. The van der Waals surface area contributed by atoms with E-state index in [0.29, 0.717) is 37.5 Å². The Labute approximate surface area is 165 Å². The molecule has 2 rings (SSSR count). The van der Waals surface area contributed by atoms with Gasteiger partial charge in [-0.3, -0.25) is 9.59 Å². The molecule has 1 aliphatic rings. The van der Waals surface area contributed by atoms with Gasteiger partial charge in [0.05, 0.1) is 12.7 Å². The molecule has 0 unspecified atom stereocenters. The number of piperazine rings is 1. The Bertz CT molecular complexity index is 706. The summed E-state index contributed by atoms with van der Waals surface area (Å²) in [7, 11) is 1.54. The van der Waals surface area contributed by atoms with E-state index in [4.69, 9.17) is 9.47 Å². The van der Waals surface area contributed by atoms with Crippen molar-refractivity contribution in [3.63, 3.8) is 0 Å².